The summed E-state index contributed by atoms with van der Waals surface area (Å²) in [5, 5.41) is 46.3. The fraction of sp³-hybridized carbons (Fsp3) is 0.438. The lowest BCUT2D eigenvalue weighted by atomic mass is 9.78. The molecule has 40 heavy (non-hydrogen) atoms. The topological polar surface area (TPSA) is 134 Å². The quantitative estimate of drug-likeness (QED) is 0.197. The number of benzene rings is 2. The van der Waals surface area contributed by atoms with Crippen molar-refractivity contribution in [1.29, 1.82) is 0 Å². The van der Waals surface area contributed by atoms with E-state index in [9.17, 15) is 30.0 Å². The highest BCUT2D eigenvalue weighted by Crippen LogP contribution is 2.56. The van der Waals surface area contributed by atoms with Crippen LogP contribution in [0.2, 0.25) is 0 Å². The molecule has 0 fully saturated rings. The van der Waals surface area contributed by atoms with E-state index >= 15 is 0 Å². The van der Waals surface area contributed by atoms with Crippen molar-refractivity contribution < 1.29 is 39.5 Å². The minimum Gasteiger partial charge on any atom is -0.507 e. The van der Waals surface area contributed by atoms with Crippen LogP contribution < -0.4 is 9.47 Å². The highest BCUT2D eigenvalue weighted by molar-refractivity contribution is 6.03. The first kappa shape index (κ1) is 30.6. The number of carbonyl (C=O) groups excluding carboxylic acids is 2. The van der Waals surface area contributed by atoms with Crippen LogP contribution in [0.1, 0.15) is 111 Å². The number of rotatable bonds is 9. The van der Waals surface area contributed by atoms with Gasteiger partial charge in [0.1, 0.15) is 51.2 Å². The zero-order valence-corrected chi connectivity index (χ0v) is 24.7. The summed E-state index contributed by atoms with van der Waals surface area (Å²) in [6.07, 6.45) is 5.65. The minimum atomic E-state index is -1.01. The molecule has 8 nitrogen and oxygen atoms in total. The Kier molecular flexibility index (Phi) is 8.63. The Labute approximate surface area is 235 Å². The highest BCUT2D eigenvalue weighted by atomic mass is 16.5. The molecule has 216 valence electrons. The van der Waals surface area contributed by atoms with Crippen molar-refractivity contribution in [2.75, 3.05) is 7.11 Å². The summed E-state index contributed by atoms with van der Waals surface area (Å²) < 4.78 is 11.5. The van der Waals surface area contributed by atoms with Crippen molar-refractivity contribution in [3.05, 3.63) is 51.1 Å². The van der Waals surface area contributed by atoms with Gasteiger partial charge in [-0.15, -0.1) is 0 Å². The number of allylic oxidation sites excluding steroid dienone is 2. The maximum Gasteiger partial charge on any atom is 0.167 e. The van der Waals surface area contributed by atoms with E-state index in [0.717, 1.165) is 5.57 Å². The number of ether oxygens (including phenoxy) is 2. The van der Waals surface area contributed by atoms with Gasteiger partial charge in [-0.25, -0.2) is 0 Å². The van der Waals surface area contributed by atoms with Crippen LogP contribution in [-0.4, -0.2) is 44.7 Å². The van der Waals surface area contributed by atoms with Crippen molar-refractivity contribution >= 4 is 17.6 Å². The summed E-state index contributed by atoms with van der Waals surface area (Å²) in [6.45, 7) is 13.7. The second-order valence-electron chi connectivity index (χ2n) is 11.5. The average molecular weight is 553 g/mol. The second-order valence-corrected chi connectivity index (χ2v) is 11.5. The second kappa shape index (κ2) is 11.3. The average Bonchev–Trinajstić information content (AvgIpc) is 2.81. The standard InChI is InChI=1S/C32H40O8/c1-15(2)10-11-19-26(35)24(28(37)22(17(5)33)30(19)39-9)21(14-16(3)4)25-27(36)20-12-13-32(7,8)40-31(20)23(18(6)34)29(25)38/h10,12-13,16,21,35-38H,11,14H2,1-9H3/t21-/m0/s1. The Morgan fingerprint density at radius 2 is 1.48 bits per heavy atom. The monoisotopic (exact) mass is 552 g/mol. The fourth-order valence-electron chi connectivity index (χ4n) is 5.24. The van der Waals surface area contributed by atoms with Gasteiger partial charge in [0, 0.05) is 22.6 Å². The van der Waals surface area contributed by atoms with Crippen LogP contribution in [0.3, 0.4) is 0 Å². The Hall–Kier alpha value is -3.94. The van der Waals surface area contributed by atoms with Gasteiger partial charge >= 0.3 is 0 Å². The van der Waals surface area contributed by atoms with Gasteiger partial charge in [-0.05, 0) is 72.5 Å². The van der Waals surface area contributed by atoms with E-state index in [2.05, 4.69) is 0 Å². The SMILES string of the molecule is COc1c(CC=C(C)C)c(O)c([C@H](CC(C)C)c2c(O)c3c(c(C(C)=O)c2O)OC(C)(C)C=C3)c(O)c1C(C)=O. The van der Waals surface area contributed by atoms with E-state index in [1.54, 1.807) is 26.0 Å². The molecule has 1 aliphatic heterocycles. The number of carbonyl (C=O) groups is 2. The van der Waals surface area contributed by atoms with Crippen molar-refractivity contribution in [2.24, 2.45) is 5.92 Å². The molecule has 0 spiro atoms. The van der Waals surface area contributed by atoms with Gasteiger partial charge in [-0.3, -0.25) is 9.59 Å². The summed E-state index contributed by atoms with van der Waals surface area (Å²) in [5.74, 6) is -3.63. The van der Waals surface area contributed by atoms with E-state index in [-0.39, 0.29) is 75.1 Å². The molecule has 8 heteroatoms. The molecule has 0 saturated carbocycles. The molecule has 2 aromatic rings. The molecule has 0 unspecified atom stereocenters. The molecule has 2 aromatic carbocycles. The lowest BCUT2D eigenvalue weighted by Gasteiger charge is -2.32. The van der Waals surface area contributed by atoms with Crippen LogP contribution in [0.25, 0.3) is 6.08 Å². The number of phenols is 4. The molecular weight excluding hydrogens is 512 g/mol. The molecule has 0 aromatic heterocycles. The van der Waals surface area contributed by atoms with Gasteiger partial charge in [0.2, 0.25) is 0 Å². The molecule has 3 rings (SSSR count). The fourth-order valence-corrected chi connectivity index (χ4v) is 5.24. The number of hydrogen-bond acceptors (Lipinski definition) is 8. The van der Waals surface area contributed by atoms with Gasteiger partial charge < -0.3 is 29.9 Å². The van der Waals surface area contributed by atoms with Crippen LogP contribution in [0, 0.1) is 5.92 Å². The van der Waals surface area contributed by atoms with Gasteiger partial charge in [-0.2, -0.15) is 0 Å². The van der Waals surface area contributed by atoms with Crippen LogP contribution in [-0.2, 0) is 6.42 Å². The molecule has 0 radical (unpaired) electrons. The summed E-state index contributed by atoms with van der Waals surface area (Å²) in [7, 11) is 1.35. The molecule has 0 aliphatic carbocycles. The Morgan fingerprint density at radius 3 is 1.98 bits per heavy atom. The van der Waals surface area contributed by atoms with E-state index < -0.39 is 34.6 Å². The van der Waals surface area contributed by atoms with Crippen molar-refractivity contribution in [1.82, 2.24) is 0 Å². The normalized spacial score (nSPS) is 14.3. The molecular formula is C32H40O8. The molecule has 1 heterocycles. The van der Waals surface area contributed by atoms with Crippen molar-refractivity contribution in [2.45, 2.75) is 79.8 Å². The summed E-state index contributed by atoms with van der Waals surface area (Å²) in [4.78, 5) is 25.7. The summed E-state index contributed by atoms with van der Waals surface area (Å²) >= 11 is 0. The van der Waals surface area contributed by atoms with Crippen LogP contribution in [0.15, 0.2) is 17.7 Å². The Balaban J connectivity index is 2.53. The maximum atomic E-state index is 12.8. The Morgan fingerprint density at radius 1 is 0.925 bits per heavy atom. The minimum absolute atomic E-state index is 0.0436. The summed E-state index contributed by atoms with van der Waals surface area (Å²) in [6, 6.07) is 0. The maximum absolute atomic E-state index is 12.8. The smallest absolute Gasteiger partial charge is 0.167 e. The zero-order chi connectivity index (χ0) is 30.3. The lowest BCUT2D eigenvalue weighted by molar-refractivity contribution is 0.0990. The van der Waals surface area contributed by atoms with E-state index in [1.807, 2.05) is 33.8 Å². The number of aromatic hydroxyl groups is 4. The predicted molar refractivity (Wildman–Crippen MR) is 154 cm³/mol. The first-order chi connectivity index (χ1) is 18.5. The van der Waals surface area contributed by atoms with Crippen LogP contribution in [0.4, 0.5) is 0 Å². The Bertz CT molecular complexity index is 1420. The highest BCUT2D eigenvalue weighted by Gasteiger charge is 2.38. The number of Topliss-reactive ketones (excluding diaryl/α,β-unsaturated/α-hetero) is 2. The van der Waals surface area contributed by atoms with Crippen LogP contribution in [0.5, 0.6) is 34.5 Å². The van der Waals surface area contributed by atoms with Crippen LogP contribution >= 0.6 is 0 Å². The zero-order valence-electron chi connectivity index (χ0n) is 24.7. The van der Waals surface area contributed by atoms with E-state index in [0.29, 0.717) is 0 Å². The number of methoxy groups -OCH3 is 1. The molecule has 0 amide bonds. The van der Waals surface area contributed by atoms with Gasteiger partial charge in [0.15, 0.2) is 11.6 Å². The van der Waals surface area contributed by atoms with E-state index in [1.165, 1.54) is 21.0 Å². The van der Waals surface area contributed by atoms with Gasteiger partial charge in [0.25, 0.3) is 0 Å². The van der Waals surface area contributed by atoms with E-state index in [4.69, 9.17) is 9.47 Å². The first-order valence-electron chi connectivity index (χ1n) is 13.3. The third-order valence-corrected chi connectivity index (χ3v) is 7.05. The van der Waals surface area contributed by atoms with Gasteiger partial charge in [-0.1, -0.05) is 25.5 Å². The molecule has 1 atom stereocenters. The van der Waals surface area contributed by atoms with Crippen molar-refractivity contribution in [3.8, 4) is 34.5 Å². The molecule has 0 saturated heterocycles. The van der Waals surface area contributed by atoms with Gasteiger partial charge in [0.05, 0.1) is 12.7 Å². The number of fused-ring (bicyclic) bond motifs is 1. The number of ketones is 2. The predicted octanol–water partition coefficient (Wildman–Crippen LogP) is 6.79. The molecule has 0 bridgehead atoms. The molecule has 1 aliphatic rings. The molecule has 4 N–H and O–H groups in total. The lowest BCUT2D eigenvalue weighted by Crippen LogP contribution is -2.29. The first-order valence-corrected chi connectivity index (χ1v) is 13.3. The van der Waals surface area contributed by atoms with Crippen molar-refractivity contribution in [3.63, 3.8) is 0 Å². The largest absolute Gasteiger partial charge is 0.507 e. The summed E-state index contributed by atoms with van der Waals surface area (Å²) in [5.41, 5.74) is 0.330. The third-order valence-electron chi connectivity index (χ3n) is 7.05. The third kappa shape index (κ3) is 5.53. The number of phenolic OH excluding ortho intramolecular Hbond substituents is 4. The number of hydrogen-bond donors (Lipinski definition) is 4.